The van der Waals surface area contributed by atoms with Gasteiger partial charge in [-0.2, -0.15) is 0 Å². The van der Waals surface area contributed by atoms with Crippen LogP contribution >= 0.6 is 0 Å². The molecule has 6 heteroatoms. The molecule has 2 aliphatic rings. The molecule has 6 nitrogen and oxygen atoms in total. The second kappa shape index (κ2) is 8.59. The Hall–Kier alpha value is -2.63. The van der Waals surface area contributed by atoms with E-state index < -0.39 is 0 Å². The second-order valence-electron chi connectivity index (χ2n) is 7.91. The summed E-state index contributed by atoms with van der Waals surface area (Å²) in [5.41, 5.74) is 3.12. The summed E-state index contributed by atoms with van der Waals surface area (Å²) in [5, 5.41) is 3.05. The van der Waals surface area contributed by atoms with Crippen molar-refractivity contribution in [2.75, 3.05) is 41.3 Å². The number of carbonyl (C=O) groups is 1. The van der Waals surface area contributed by atoms with Crippen molar-refractivity contribution in [2.24, 2.45) is 5.92 Å². The summed E-state index contributed by atoms with van der Waals surface area (Å²) in [5.74, 6) is 1.03. The molecule has 1 amide bonds. The largest absolute Gasteiger partial charge is 0.369 e. The van der Waals surface area contributed by atoms with Gasteiger partial charge in [-0.1, -0.05) is 17.7 Å². The first-order valence-corrected chi connectivity index (χ1v) is 10.4. The molecule has 2 aliphatic heterocycles. The van der Waals surface area contributed by atoms with Gasteiger partial charge in [0.05, 0.1) is 18.1 Å². The minimum atomic E-state index is 0.0612. The van der Waals surface area contributed by atoms with Crippen molar-refractivity contribution in [3.63, 3.8) is 0 Å². The molecule has 1 aromatic heterocycles. The molecule has 1 aromatic carbocycles. The number of amides is 1. The molecule has 2 fully saturated rings. The van der Waals surface area contributed by atoms with Crippen molar-refractivity contribution in [1.82, 2.24) is 9.97 Å². The fourth-order valence-corrected chi connectivity index (χ4v) is 4.02. The van der Waals surface area contributed by atoms with Crippen molar-refractivity contribution in [3.8, 4) is 0 Å². The van der Waals surface area contributed by atoms with E-state index in [1.807, 2.05) is 43.6 Å². The van der Waals surface area contributed by atoms with Crippen LogP contribution in [0.2, 0.25) is 0 Å². The molecule has 0 saturated carbocycles. The number of rotatable bonds is 4. The summed E-state index contributed by atoms with van der Waals surface area (Å²) in [6.45, 7) is 5.88. The SMILES string of the molecule is Cc1ccc(NC(=O)C2CCN(c3cnc(N4CCCCC4)nc3)CC2)cc1. The van der Waals surface area contributed by atoms with Gasteiger partial charge in [-0.15, -0.1) is 0 Å². The molecule has 0 aliphatic carbocycles. The zero-order valence-electron chi connectivity index (χ0n) is 16.6. The van der Waals surface area contributed by atoms with Gasteiger partial charge in [-0.25, -0.2) is 9.97 Å². The molecule has 148 valence electrons. The Kier molecular flexibility index (Phi) is 5.74. The molecule has 0 bridgehead atoms. The predicted octanol–water partition coefficient (Wildman–Crippen LogP) is 3.63. The Labute approximate surface area is 167 Å². The third kappa shape index (κ3) is 4.43. The molecule has 2 aromatic rings. The third-order valence-electron chi connectivity index (χ3n) is 5.81. The lowest BCUT2D eigenvalue weighted by Gasteiger charge is -2.33. The highest BCUT2D eigenvalue weighted by molar-refractivity contribution is 5.92. The Bertz CT molecular complexity index is 776. The number of carbonyl (C=O) groups excluding carboxylic acids is 1. The maximum atomic E-state index is 12.6. The van der Waals surface area contributed by atoms with Crippen molar-refractivity contribution >= 4 is 23.2 Å². The Balaban J connectivity index is 1.29. The highest BCUT2D eigenvalue weighted by atomic mass is 16.1. The Morgan fingerprint density at radius 2 is 1.57 bits per heavy atom. The molecule has 0 spiro atoms. The summed E-state index contributed by atoms with van der Waals surface area (Å²) in [7, 11) is 0. The van der Waals surface area contributed by atoms with Crippen molar-refractivity contribution in [1.29, 1.82) is 0 Å². The van der Waals surface area contributed by atoms with Gasteiger partial charge in [-0.05, 0) is 51.2 Å². The molecule has 28 heavy (non-hydrogen) atoms. The first kappa shape index (κ1) is 18.7. The highest BCUT2D eigenvalue weighted by Crippen LogP contribution is 2.25. The smallest absolute Gasteiger partial charge is 0.227 e. The molecule has 4 rings (SSSR count). The highest BCUT2D eigenvalue weighted by Gasteiger charge is 2.25. The standard InChI is InChI=1S/C22H29N5O/c1-17-5-7-19(8-6-17)25-21(28)18-9-13-26(14-10-18)20-15-23-22(24-16-20)27-11-3-2-4-12-27/h5-8,15-16,18H,2-4,9-14H2,1H3,(H,25,28). The van der Waals surface area contributed by atoms with Crippen LogP contribution in [0.15, 0.2) is 36.7 Å². The van der Waals surface area contributed by atoms with Crippen LogP contribution in [0.1, 0.15) is 37.7 Å². The summed E-state index contributed by atoms with van der Waals surface area (Å²) in [6.07, 6.45) is 9.33. The minimum Gasteiger partial charge on any atom is -0.369 e. The molecule has 1 N–H and O–H groups in total. The number of anilines is 3. The van der Waals surface area contributed by atoms with Gasteiger partial charge >= 0.3 is 0 Å². The average molecular weight is 380 g/mol. The van der Waals surface area contributed by atoms with E-state index in [-0.39, 0.29) is 11.8 Å². The van der Waals surface area contributed by atoms with E-state index >= 15 is 0 Å². The van der Waals surface area contributed by atoms with Crippen LogP contribution in [-0.2, 0) is 4.79 Å². The van der Waals surface area contributed by atoms with Gasteiger partial charge < -0.3 is 15.1 Å². The van der Waals surface area contributed by atoms with E-state index in [0.717, 1.165) is 56.3 Å². The maximum Gasteiger partial charge on any atom is 0.227 e. The van der Waals surface area contributed by atoms with E-state index in [2.05, 4.69) is 25.1 Å². The first-order valence-electron chi connectivity index (χ1n) is 10.4. The van der Waals surface area contributed by atoms with Crippen LogP contribution in [-0.4, -0.2) is 42.1 Å². The number of piperidine rings is 2. The van der Waals surface area contributed by atoms with E-state index in [1.54, 1.807) is 0 Å². The predicted molar refractivity (Wildman–Crippen MR) is 113 cm³/mol. The number of aryl methyl sites for hydroxylation is 1. The zero-order valence-corrected chi connectivity index (χ0v) is 16.6. The Morgan fingerprint density at radius 3 is 2.21 bits per heavy atom. The molecular formula is C22H29N5O. The molecule has 3 heterocycles. The summed E-state index contributed by atoms with van der Waals surface area (Å²) in [6, 6.07) is 7.96. The van der Waals surface area contributed by atoms with Crippen molar-refractivity contribution < 1.29 is 4.79 Å². The number of benzene rings is 1. The lowest BCUT2D eigenvalue weighted by Crippen LogP contribution is -2.38. The van der Waals surface area contributed by atoms with Crippen molar-refractivity contribution in [2.45, 2.75) is 39.0 Å². The third-order valence-corrected chi connectivity index (χ3v) is 5.81. The van der Waals surface area contributed by atoms with E-state index in [0.29, 0.717) is 0 Å². The number of hydrogen-bond acceptors (Lipinski definition) is 5. The van der Waals surface area contributed by atoms with Crippen LogP contribution in [0.25, 0.3) is 0 Å². The second-order valence-corrected chi connectivity index (χ2v) is 7.91. The van der Waals surface area contributed by atoms with Gasteiger partial charge in [0.15, 0.2) is 0 Å². The van der Waals surface area contributed by atoms with E-state index in [4.69, 9.17) is 0 Å². The summed E-state index contributed by atoms with van der Waals surface area (Å²) < 4.78 is 0. The van der Waals surface area contributed by atoms with Gasteiger partial charge in [0.1, 0.15) is 0 Å². The Morgan fingerprint density at radius 1 is 0.929 bits per heavy atom. The molecule has 0 unspecified atom stereocenters. The molecule has 2 saturated heterocycles. The van der Waals surface area contributed by atoms with Gasteiger partial charge in [0, 0.05) is 37.8 Å². The van der Waals surface area contributed by atoms with Gasteiger partial charge in [0.25, 0.3) is 0 Å². The molecule has 0 radical (unpaired) electrons. The maximum absolute atomic E-state index is 12.6. The van der Waals surface area contributed by atoms with Crippen LogP contribution in [0.3, 0.4) is 0 Å². The number of aromatic nitrogens is 2. The van der Waals surface area contributed by atoms with Crippen LogP contribution in [0, 0.1) is 12.8 Å². The quantitative estimate of drug-likeness (QED) is 0.879. The monoisotopic (exact) mass is 379 g/mol. The lowest BCUT2D eigenvalue weighted by molar-refractivity contribution is -0.120. The van der Waals surface area contributed by atoms with E-state index in [9.17, 15) is 4.79 Å². The first-order chi connectivity index (χ1) is 13.7. The van der Waals surface area contributed by atoms with Gasteiger partial charge in [-0.3, -0.25) is 4.79 Å². The fourth-order valence-electron chi connectivity index (χ4n) is 4.02. The molecule has 0 atom stereocenters. The van der Waals surface area contributed by atoms with Crippen LogP contribution in [0.4, 0.5) is 17.3 Å². The topological polar surface area (TPSA) is 61.4 Å². The summed E-state index contributed by atoms with van der Waals surface area (Å²) in [4.78, 5) is 26.3. The summed E-state index contributed by atoms with van der Waals surface area (Å²) >= 11 is 0. The van der Waals surface area contributed by atoms with Crippen molar-refractivity contribution in [3.05, 3.63) is 42.2 Å². The lowest BCUT2D eigenvalue weighted by atomic mass is 9.95. The zero-order chi connectivity index (χ0) is 19.3. The van der Waals surface area contributed by atoms with Crippen LogP contribution < -0.4 is 15.1 Å². The number of nitrogens with zero attached hydrogens (tertiary/aromatic N) is 4. The minimum absolute atomic E-state index is 0.0612. The van der Waals surface area contributed by atoms with E-state index in [1.165, 1.54) is 24.8 Å². The normalized spacial score (nSPS) is 18.2. The number of nitrogens with one attached hydrogen (secondary N) is 1. The van der Waals surface area contributed by atoms with Gasteiger partial charge in [0.2, 0.25) is 11.9 Å². The number of hydrogen-bond donors (Lipinski definition) is 1. The average Bonchev–Trinajstić information content (AvgIpc) is 2.76. The fraction of sp³-hybridized carbons (Fsp3) is 0.500. The molecular weight excluding hydrogens is 350 g/mol. The van der Waals surface area contributed by atoms with Crippen LogP contribution in [0.5, 0.6) is 0 Å².